The zero-order chi connectivity index (χ0) is 19.1. The second kappa shape index (κ2) is 6.52. The average Bonchev–Trinajstić information content (AvgIpc) is 2.53. The second-order valence-electron chi connectivity index (χ2n) is 7.06. The van der Waals surface area contributed by atoms with Gasteiger partial charge in [0.1, 0.15) is 5.78 Å². The van der Waals surface area contributed by atoms with Crippen LogP contribution >= 0.6 is 0 Å². The number of carbonyl (C=O) groups is 1. The zero-order valence-electron chi connectivity index (χ0n) is 17.1. The van der Waals surface area contributed by atoms with Gasteiger partial charge in [-0.15, -0.1) is 0 Å². The van der Waals surface area contributed by atoms with Gasteiger partial charge in [-0.2, -0.15) is 0 Å². The first-order valence-corrected chi connectivity index (χ1v) is 8.34. The van der Waals surface area contributed by atoms with Crippen molar-refractivity contribution in [3.8, 4) is 11.5 Å². The maximum Gasteiger partial charge on any atom is 0.161 e. The summed E-state index contributed by atoms with van der Waals surface area (Å²) in [7, 11) is -1.04. The number of rotatable bonds is 4. The number of nitrogens with zero attached hydrogens (tertiary/aromatic N) is 1. The minimum Gasteiger partial charge on any atom is -0.493 e. The monoisotopic (exact) mass is 320 g/mol. The van der Waals surface area contributed by atoms with E-state index in [1.807, 2.05) is 6.07 Å². The Kier molecular flexibility index (Phi) is 3.63. The van der Waals surface area contributed by atoms with Crippen molar-refractivity contribution >= 4 is 5.78 Å². The van der Waals surface area contributed by atoms with Gasteiger partial charge in [-0.1, -0.05) is 13.8 Å². The summed E-state index contributed by atoms with van der Waals surface area (Å²) >= 11 is 0. The summed E-state index contributed by atoms with van der Waals surface area (Å²) in [5.74, 6) is 1.55. The molecule has 0 aliphatic carbocycles. The molecule has 2 aliphatic heterocycles. The summed E-state index contributed by atoms with van der Waals surface area (Å²) in [6.45, 7) is 5.98. The molecule has 126 valence electrons. The van der Waals surface area contributed by atoms with E-state index in [-0.39, 0.29) is 17.7 Å². The van der Waals surface area contributed by atoms with E-state index in [2.05, 4.69) is 18.7 Å². The molecule has 0 saturated carbocycles. The summed E-state index contributed by atoms with van der Waals surface area (Å²) in [6.07, 6.45) is 2.26. The first kappa shape index (κ1) is 12.8. The van der Waals surface area contributed by atoms with Crippen molar-refractivity contribution in [3.63, 3.8) is 0 Å². The van der Waals surface area contributed by atoms with Gasteiger partial charge in [-0.3, -0.25) is 9.69 Å². The largest absolute Gasteiger partial charge is 0.493 e. The number of fused-ring (bicyclic) bond motifs is 3. The molecule has 1 aromatic carbocycles. The van der Waals surface area contributed by atoms with E-state index in [1.54, 1.807) is 6.07 Å². The van der Waals surface area contributed by atoms with Crippen LogP contribution in [0.2, 0.25) is 0 Å². The Labute approximate surface area is 143 Å². The number of ether oxygens (including phenoxy) is 2. The highest BCUT2D eigenvalue weighted by molar-refractivity contribution is 5.83. The molecule has 1 fully saturated rings. The van der Waals surface area contributed by atoms with E-state index in [9.17, 15) is 4.79 Å². The molecule has 2 unspecified atom stereocenters. The topological polar surface area (TPSA) is 38.8 Å². The predicted octanol–water partition coefficient (Wildman–Crippen LogP) is 3.24. The molecule has 4 heteroatoms. The van der Waals surface area contributed by atoms with Gasteiger partial charge in [0.2, 0.25) is 0 Å². The maximum atomic E-state index is 12.7. The van der Waals surface area contributed by atoms with Crippen molar-refractivity contribution in [1.82, 2.24) is 4.90 Å². The quantitative estimate of drug-likeness (QED) is 0.854. The van der Waals surface area contributed by atoms with Crippen molar-refractivity contribution < 1.29 is 18.4 Å². The van der Waals surface area contributed by atoms with Crippen molar-refractivity contribution in [3.05, 3.63) is 23.3 Å². The molecule has 0 aromatic heterocycles. The fourth-order valence-corrected chi connectivity index (χ4v) is 3.98. The molecule has 1 saturated heterocycles. The lowest BCUT2D eigenvalue weighted by Crippen LogP contribution is -2.46. The number of Topliss-reactive ketones (excluding diaryl/α,β-unsaturated/α-hetero) is 1. The summed E-state index contributed by atoms with van der Waals surface area (Å²) < 4.78 is 32.6. The Hall–Kier alpha value is -1.55. The van der Waals surface area contributed by atoms with E-state index < -0.39 is 7.04 Å². The molecule has 2 heterocycles. The molecule has 3 rings (SSSR count). The van der Waals surface area contributed by atoms with E-state index in [0.717, 1.165) is 37.1 Å². The Morgan fingerprint density at radius 2 is 2.13 bits per heavy atom. The Morgan fingerprint density at radius 3 is 2.83 bits per heavy atom. The van der Waals surface area contributed by atoms with E-state index >= 15 is 0 Å². The van der Waals surface area contributed by atoms with Crippen LogP contribution in [0.4, 0.5) is 0 Å². The number of methoxy groups -OCH3 is 2. The third-order valence-electron chi connectivity index (χ3n) is 5.06. The lowest BCUT2D eigenvalue weighted by atomic mass is 9.80. The highest BCUT2D eigenvalue weighted by Gasteiger charge is 2.38. The summed E-state index contributed by atoms with van der Waals surface area (Å²) in [4.78, 5) is 15.0. The van der Waals surface area contributed by atoms with E-state index in [4.69, 9.17) is 13.6 Å². The van der Waals surface area contributed by atoms with Crippen LogP contribution in [-0.4, -0.2) is 37.9 Å². The van der Waals surface area contributed by atoms with Gasteiger partial charge < -0.3 is 9.47 Å². The van der Waals surface area contributed by atoms with Crippen LogP contribution < -0.4 is 9.47 Å². The van der Waals surface area contributed by atoms with Crippen molar-refractivity contribution in [2.45, 2.75) is 39.2 Å². The number of hydrogen-bond acceptors (Lipinski definition) is 4. The smallest absolute Gasteiger partial charge is 0.161 e. The molecular weight excluding hydrogens is 290 g/mol. The van der Waals surface area contributed by atoms with Crippen molar-refractivity contribution in [2.75, 3.05) is 27.2 Å². The second-order valence-corrected chi connectivity index (χ2v) is 7.06. The average molecular weight is 320 g/mol. The number of piperidine rings is 1. The zero-order valence-corrected chi connectivity index (χ0v) is 14.1. The van der Waals surface area contributed by atoms with Gasteiger partial charge >= 0.3 is 0 Å². The van der Waals surface area contributed by atoms with E-state index in [0.29, 0.717) is 23.9 Å². The molecular formula is C19H27NO3. The van der Waals surface area contributed by atoms with Crippen LogP contribution in [0.15, 0.2) is 12.1 Å². The first-order chi connectivity index (χ1) is 12.2. The normalized spacial score (nSPS) is 26.8. The van der Waals surface area contributed by atoms with E-state index in [1.165, 1.54) is 7.11 Å². The first-order valence-electron chi connectivity index (χ1n) is 9.84. The van der Waals surface area contributed by atoms with Crippen molar-refractivity contribution in [1.29, 1.82) is 0 Å². The molecule has 1 aromatic rings. The Balaban J connectivity index is 1.91. The summed E-state index contributed by atoms with van der Waals surface area (Å²) in [5.41, 5.74) is 2.10. The van der Waals surface area contributed by atoms with Gasteiger partial charge in [-0.05, 0) is 42.0 Å². The van der Waals surface area contributed by atoms with Crippen LogP contribution in [0.3, 0.4) is 0 Å². The van der Waals surface area contributed by atoms with Gasteiger partial charge in [0.25, 0.3) is 0 Å². The molecule has 0 N–H and O–H groups in total. The molecule has 2 atom stereocenters. The highest BCUT2D eigenvalue weighted by atomic mass is 16.5. The van der Waals surface area contributed by atoms with Gasteiger partial charge in [0.05, 0.1) is 18.3 Å². The lowest BCUT2D eigenvalue weighted by Gasteiger charge is -2.43. The van der Waals surface area contributed by atoms with Crippen LogP contribution in [-0.2, 0) is 11.2 Å². The number of benzene rings is 1. The summed E-state index contributed by atoms with van der Waals surface area (Å²) in [5, 5.41) is 0. The maximum absolute atomic E-state index is 12.7. The number of ketones is 1. The molecule has 4 nitrogen and oxygen atoms in total. The lowest BCUT2D eigenvalue weighted by molar-refractivity contribution is -0.129. The predicted molar refractivity (Wildman–Crippen MR) is 90.1 cm³/mol. The number of carbonyl (C=O) groups excluding carboxylic acids is 1. The molecule has 0 bridgehead atoms. The minimum atomic E-state index is -2.54. The molecule has 23 heavy (non-hydrogen) atoms. The Morgan fingerprint density at radius 1 is 1.35 bits per heavy atom. The van der Waals surface area contributed by atoms with Crippen LogP contribution in [0.5, 0.6) is 11.5 Å². The van der Waals surface area contributed by atoms with Gasteiger partial charge in [0.15, 0.2) is 11.5 Å². The van der Waals surface area contributed by atoms with Crippen LogP contribution in [0.1, 0.15) is 48.0 Å². The third kappa shape index (κ3) is 3.09. The molecule has 2 aliphatic rings. The molecule has 0 spiro atoms. The highest BCUT2D eigenvalue weighted by Crippen LogP contribution is 2.42. The van der Waals surface area contributed by atoms with Crippen molar-refractivity contribution in [2.24, 2.45) is 11.8 Å². The molecule has 0 amide bonds. The van der Waals surface area contributed by atoms with Crippen LogP contribution in [0.25, 0.3) is 0 Å². The van der Waals surface area contributed by atoms with Gasteiger partial charge in [0, 0.05) is 31.5 Å². The third-order valence-corrected chi connectivity index (χ3v) is 5.06. The van der Waals surface area contributed by atoms with Gasteiger partial charge in [-0.25, -0.2) is 0 Å². The summed E-state index contributed by atoms with van der Waals surface area (Å²) in [6, 6.07) is 3.62. The van der Waals surface area contributed by atoms with Crippen LogP contribution in [0, 0.1) is 11.8 Å². The molecule has 0 radical (unpaired) electrons. The standard InChI is InChI=1S/C19H27NO3/c1-12(2)7-14-11-20-6-5-13-8-18(22-3)19(23-4)9-15(13)16(20)10-17(14)21/h8-9,12,14,16H,5-7,10-11H2,1-4H3/i4D3. The minimum absolute atomic E-state index is 0.000445. The fourth-order valence-electron chi connectivity index (χ4n) is 3.98. The number of hydrogen-bond donors (Lipinski definition) is 0. The SMILES string of the molecule is [2H]C([2H])([2H])Oc1cc2c(cc1OC)CCN1CC(CC(C)C)C(=O)CC21. The Bertz CT molecular complexity index is 687. The fraction of sp³-hybridized carbons (Fsp3) is 0.632.